The zero-order valence-electron chi connectivity index (χ0n) is 12.1. The van der Waals surface area contributed by atoms with E-state index in [0.29, 0.717) is 20.6 Å². The van der Waals surface area contributed by atoms with Gasteiger partial charge in [0.05, 0.1) is 16.5 Å². The average molecular weight is 406 g/mol. The van der Waals surface area contributed by atoms with Crippen LogP contribution in [0.3, 0.4) is 0 Å². The summed E-state index contributed by atoms with van der Waals surface area (Å²) in [4.78, 5) is 27.9. The molecule has 1 aromatic carbocycles. The van der Waals surface area contributed by atoms with E-state index in [2.05, 4.69) is 10.3 Å². The Morgan fingerprint density at radius 2 is 2.00 bits per heavy atom. The van der Waals surface area contributed by atoms with Crippen molar-refractivity contribution in [1.82, 2.24) is 4.98 Å². The first-order chi connectivity index (χ1) is 11.5. The molecule has 1 heterocycles. The number of benzene rings is 1. The van der Waals surface area contributed by atoms with Gasteiger partial charge in [-0.2, -0.15) is 0 Å². The van der Waals surface area contributed by atoms with Crippen LogP contribution in [0.2, 0.25) is 15.2 Å². The number of thioether (sulfide) groups is 1. The Labute approximate surface area is 157 Å². The van der Waals surface area contributed by atoms with E-state index >= 15 is 0 Å². The van der Waals surface area contributed by atoms with Crippen LogP contribution in [0, 0.1) is 0 Å². The van der Waals surface area contributed by atoms with Crippen LogP contribution < -0.4 is 5.32 Å². The summed E-state index contributed by atoms with van der Waals surface area (Å²) in [5.41, 5.74) is 0.347. The third-order valence-corrected chi connectivity index (χ3v) is 4.64. The molecule has 0 radical (unpaired) electrons. The number of anilines is 1. The molecule has 126 valence electrons. The Kier molecular flexibility index (Phi) is 7.17. The van der Waals surface area contributed by atoms with Gasteiger partial charge >= 0.3 is 5.97 Å². The molecule has 0 unspecified atom stereocenters. The predicted octanol–water partition coefficient (Wildman–Crippen LogP) is 4.32. The number of rotatable bonds is 6. The number of nitrogens with one attached hydrogen (secondary N) is 1. The number of ether oxygens (including phenoxy) is 1. The van der Waals surface area contributed by atoms with Gasteiger partial charge in [-0.3, -0.25) is 9.59 Å². The molecule has 0 saturated heterocycles. The van der Waals surface area contributed by atoms with Crippen molar-refractivity contribution in [2.24, 2.45) is 0 Å². The summed E-state index contributed by atoms with van der Waals surface area (Å²) >= 11 is 18.9. The minimum absolute atomic E-state index is 0.000983. The Morgan fingerprint density at radius 3 is 2.75 bits per heavy atom. The second kappa shape index (κ2) is 9.13. The molecule has 0 atom stereocenters. The van der Waals surface area contributed by atoms with Crippen LogP contribution in [-0.4, -0.2) is 29.2 Å². The number of aromatic nitrogens is 1. The van der Waals surface area contributed by atoms with Gasteiger partial charge in [0.2, 0.25) is 0 Å². The minimum Gasteiger partial charge on any atom is -0.455 e. The van der Waals surface area contributed by atoms with Crippen molar-refractivity contribution >= 4 is 64.1 Å². The Morgan fingerprint density at radius 1 is 1.21 bits per heavy atom. The SMILES string of the molecule is O=C(COC(=O)CSc1cc(Cl)ccc1Cl)Nc1cccnc1Cl. The van der Waals surface area contributed by atoms with Crippen molar-refractivity contribution in [3.05, 3.63) is 51.7 Å². The quantitative estimate of drug-likeness (QED) is 0.440. The highest BCUT2D eigenvalue weighted by atomic mass is 35.5. The van der Waals surface area contributed by atoms with Crippen molar-refractivity contribution in [2.75, 3.05) is 17.7 Å². The van der Waals surface area contributed by atoms with Crippen molar-refractivity contribution in [3.63, 3.8) is 0 Å². The van der Waals surface area contributed by atoms with E-state index in [9.17, 15) is 9.59 Å². The number of pyridine rings is 1. The molecule has 0 bridgehead atoms. The number of amides is 1. The van der Waals surface area contributed by atoms with Crippen LogP contribution in [0.25, 0.3) is 0 Å². The number of carbonyl (C=O) groups excluding carboxylic acids is 2. The maximum Gasteiger partial charge on any atom is 0.316 e. The summed E-state index contributed by atoms with van der Waals surface area (Å²) < 4.78 is 4.90. The van der Waals surface area contributed by atoms with Crippen LogP contribution in [0.1, 0.15) is 0 Å². The first kappa shape index (κ1) is 18.9. The van der Waals surface area contributed by atoms with Crippen LogP contribution >= 0.6 is 46.6 Å². The fourth-order valence-electron chi connectivity index (χ4n) is 1.58. The van der Waals surface area contributed by atoms with Gasteiger partial charge in [0.15, 0.2) is 11.8 Å². The zero-order valence-corrected chi connectivity index (χ0v) is 15.2. The summed E-state index contributed by atoms with van der Waals surface area (Å²) in [6, 6.07) is 8.16. The molecule has 5 nitrogen and oxygen atoms in total. The molecule has 24 heavy (non-hydrogen) atoms. The van der Waals surface area contributed by atoms with Crippen LogP contribution in [-0.2, 0) is 14.3 Å². The van der Waals surface area contributed by atoms with Gasteiger partial charge in [0, 0.05) is 16.1 Å². The molecule has 0 aliphatic carbocycles. The van der Waals surface area contributed by atoms with Gasteiger partial charge in [-0.05, 0) is 30.3 Å². The molecule has 1 aromatic heterocycles. The van der Waals surface area contributed by atoms with E-state index < -0.39 is 18.5 Å². The Hall–Kier alpha value is -1.47. The molecule has 0 aliphatic rings. The summed E-state index contributed by atoms with van der Waals surface area (Å²) in [7, 11) is 0. The molecule has 1 N–H and O–H groups in total. The third kappa shape index (κ3) is 5.87. The molecule has 0 spiro atoms. The topological polar surface area (TPSA) is 68.3 Å². The van der Waals surface area contributed by atoms with E-state index in [1.54, 1.807) is 30.3 Å². The van der Waals surface area contributed by atoms with Gasteiger partial charge < -0.3 is 10.1 Å². The van der Waals surface area contributed by atoms with Gasteiger partial charge in [-0.15, -0.1) is 11.8 Å². The highest BCUT2D eigenvalue weighted by Gasteiger charge is 2.11. The second-order valence-electron chi connectivity index (χ2n) is 4.41. The highest BCUT2D eigenvalue weighted by Crippen LogP contribution is 2.29. The summed E-state index contributed by atoms with van der Waals surface area (Å²) in [6.07, 6.45) is 1.50. The fourth-order valence-corrected chi connectivity index (χ4v) is 3.04. The maximum atomic E-state index is 11.7. The summed E-state index contributed by atoms with van der Waals surface area (Å²) in [5.74, 6) is -1.06. The van der Waals surface area contributed by atoms with E-state index in [-0.39, 0.29) is 10.9 Å². The van der Waals surface area contributed by atoms with Crippen molar-refractivity contribution in [2.45, 2.75) is 4.90 Å². The van der Waals surface area contributed by atoms with Gasteiger partial charge in [0.1, 0.15) is 0 Å². The normalized spacial score (nSPS) is 10.3. The second-order valence-corrected chi connectivity index (χ2v) is 6.63. The molecule has 9 heteroatoms. The van der Waals surface area contributed by atoms with Crippen LogP contribution in [0.4, 0.5) is 5.69 Å². The van der Waals surface area contributed by atoms with Crippen molar-refractivity contribution in [3.8, 4) is 0 Å². The van der Waals surface area contributed by atoms with Gasteiger partial charge in [-0.25, -0.2) is 4.98 Å². The lowest BCUT2D eigenvalue weighted by Gasteiger charge is -2.08. The zero-order chi connectivity index (χ0) is 17.5. The van der Waals surface area contributed by atoms with E-state index in [1.165, 1.54) is 18.0 Å². The van der Waals surface area contributed by atoms with Crippen LogP contribution in [0.5, 0.6) is 0 Å². The number of carbonyl (C=O) groups is 2. The largest absolute Gasteiger partial charge is 0.455 e. The van der Waals surface area contributed by atoms with E-state index in [4.69, 9.17) is 39.5 Å². The minimum atomic E-state index is -0.552. The lowest BCUT2D eigenvalue weighted by molar-refractivity contribution is -0.144. The molecule has 0 fully saturated rings. The number of halogens is 3. The number of nitrogens with zero attached hydrogens (tertiary/aromatic N) is 1. The van der Waals surface area contributed by atoms with Gasteiger partial charge in [-0.1, -0.05) is 34.8 Å². The smallest absolute Gasteiger partial charge is 0.316 e. The molecular formula is C15H11Cl3N2O3S. The number of hydrogen-bond acceptors (Lipinski definition) is 5. The lowest BCUT2D eigenvalue weighted by Crippen LogP contribution is -2.21. The molecular weight excluding hydrogens is 395 g/mol. The average Bonchev–Trinajstić information content (AvgIpc) is 2.56. The van der Waals surface area contributed by atoms with Gasteiger partial charge in [0.25, 0.3) is 5.91 Å². The number of hydrogen-bond donors (Lipinski definition) is 1. The van der Waals surface area contributed by atoms with Crippen LogP contribution in [0.15, 0.2) is 41.4 Å². The number of esters is 1. The summed E-state index contributed by atoms with van der Waals surface area (Å²) in [5, 5.41) is 3.66. The third-order valence-electron chi connectivity index (χ3n) is 2.64. The van der Waals surface area contributed by atoms with Crippen molar-refractivity contribution in [1.29, 1.82) is 0 Å². The summed E-state index contributed by atoms with van der Waals surface area (Å²) in [6.45, 7) is -0.423. The first-order valence-corrected chi connectivity index (χ1v) is 8.71. The molecule has 1 amide bonds. The first-order valence-electron chi connectivity index (χ1n) is 6.59. The van der Waals surface area contributed by atoms with E-state index in [1.807, 2.05) is 0 Å². The molecule has 0 aliphatic heterocycles. The Balaban J connectivity index is 1.77. The monoisotopic (exact) mass is 404 g/mol. The Bertz CT molecular complexity index is 758. The molecule has 2 rings (SSSR count). The highest BCUT2D eigenvalue weighted by molar-refractivity contribution is 8.00. The predicted molar refractivity (Wildman–Crippen MR) is 96.0 cm³/mol. The van der Waals surface area contributed by atoms with E-state index in [0.717, 1.165) is 0 Å². The molecule has 2 aromatic rings. The standard InChI is InChI=1S/C15H11Cl3N2O3S/c16-9-3-4-10(17)12(6-9)24-8-14(22)23-7-13(21)20-11-2-1-5-19-15(11)18/h1-6H,7-8H2,(H,20,21). The fraction of sp³-hybridized carbons (Fsp3) is 0.133. The van der Waals surface area contributed by atoms with Crippen molar-refractivity contribution < 1.29 is 14.3 Å². The molecule has 0 saturated carbocycles. The lowest BCUT2D eigenvalue weighted by atomic mass is 10.4. The maximum absolute atomic E-state index is 11.7.